The summed E-state index contributed by atoms with van der Waals surface area (Å²) in [7, 11) is 0. The number of rotatable bonds is 3. The Balaban J connectivity index is 2.34. The van der Waals surface area contributed by atoms with Crippen LogP contribution < -0.4 is 5.56 Å². The molecule has 0 saturated carbocycles. The molecule has 0 aromatic carbocycles. The van der Waals surface area contributed by atoms with Crippen molar-refractivity contribution in [3.05, 3.63) is 43.5 Å². The van der Waals surface area contributed by atoms with Crippen molar-refractivity contribution < 1.29 is 0 Å². The lowest BCUT2D eigenvalue weighted by atomic mass is 10.0. The maximum Gasteiger partial charge on any atom is 0.254 e. The molecule has 2 heterocycles. The van der Waals surface area contributed by atoms with Crippen LogP contribution in [0.15, 0.2) is 10.2 Å². The normalized spacial score (nSPS) is 11.2. The molecule has 2 aromatic rings. The summed E-state index contributed by atoms with van der Waals surface area (Å²) in [5.74, 6) is 0.883. The fraction of sp³-hybridized carbons (Fsp3) is 0.462. The number of thiazole rings is 1. The maximum absolute atomic E-state index is 12.0. The zero-order valence-corrected chi connectivity index (χ0v) is 11.9. The summed E-state index contributed by atoms with van der Waals surface area (Å²) in [6.45, 7) is 7.86. The predicted octanol–water partition coefficient (Wildman–Crippen LogP) is 2.56. The highest BCUT2D eigenvalue weighted by molar-refractivity contribution is 7.09. The summed E-state index contributed by atoms with van der Waals surface area (Å²) >= 11 is 1.59. The molecule has 0 atom stereocenters. The lowest BCUT2D eigenvalue weighted by Crippen LogP contribution is -2.20. The van der Waals surface area contributed by atoms with E-state index in [0.717, 1.165) is 22.0 Å². The summed E-state index contributed by atoms with van der Waals surface area (Å²) in [4.78, 5) is 23.7. The molecule has 2 aromatic heterocycles. The summed E-state index contributed by atoms with van der Waals surface area (Å²) in [5, 5.41) is 2.98. The van der Waals surface area contributed by atoms with E-state index in [1.165, 1.54) is 0 Å². The van der Waals surface area contributed by atoms with Crippen molar-refractivity contribution in [1.82, 2.24) is 15.0 Å². The van der Waals surface area contributed by atoms with Gasteiger partial charge in [-0.3, -0.25) is 4.79 Å². The van der Waals surface area contributed by atoms with Crippen molar-refractivity contribution in [1.29, 1.82) is 0 Å². The van der Waals surface area contributed by atoms with Crippen LogP contribution in [0.4, 0.5) is 0 Å². The lowest BCUT2D eigenvalue weighted by Gasteiger charge is -2.08. The third-order valence-electron chi connectivity index (χ3n) is 2.76. The first-order valence-electron chi connectivity index (χ1n) is 5.98. The fourth-order valence-electron chi connectivity index (χ4n) is 2.04. The molecule has 96 valence electrons. The first-order valence-corrected chi connectivity index (χ1v) is 6.86. The molecular weight excluding hydrogens is 246 g/mol. The van der Waals surface area contributed by atoms with Crippen LogP contribution in [0.1, 0.15) is 47.5 Å². The number of aromatic amines is 1. The Labute approximate surface area is 110 Å². The molecule has 0 aliphatic heterocycles. The van der Waals surface area contributed by atoms with Gasteiger partial charge in [-0.15, -0.1) is 11.3 Å². The lowest BCUT2D eigenvalue weighted by molar-refractivity contribution is 0.790. The molecule has 0 radical (unpaired) electrons. The molecule has 0 fully saturated rings. The Morgan fingerprint density at radius 1 is 1.33 bits per heavy atom. The average molecular weight is 263 g/mol. The largest absolute Gasteiger partial charge is 0.310 e. The SMILES string of the molecule is Cc1csc(Cc2nc(C)c(C(C)C)c(=O)[nH]2)n1. The van der Waals surface area contributed by atoms with Gasteiger partial charge in [0.1, 0.15) is 10.8 Å². The van der Waals surface area contributed by atoms with Crippen LogP contribution in [-0.4, -0.2) is 15.0 Å². The van der Waals surface area contributed by atoms with Crippen LogP contribution >= 0.6 is 11.3 Å². The van der Waals surface area contributed by atoms with E-state index in [4.69, 9.17) is 0 Å². The molecule has 1 N–H and O–H groups in total. The Bertz CT molecular complexity index is 613. The summed E-state index contributed by atoms with van der Waals surface area (Å²) in [5.41, 5.74) is 2.57. The Morgan fingerprint density at radius 3 is 2.56 bits per heavy atom. The third-order valence-corrected chi connectivity index (χ3v) is 3.72. The molecule has 0 bridgehead atoms. The number of H-pyrrole nitrogens is 1. The minimum absolute atomic E-state index is 0.0271. The molecule has 0 spiro atoms. The Kier molecular flexibility index (Phi) is 3.61. The molecule has 0 aliphatic rings. The topological polar surface area (TPSA) is 58.6 Å². The van der Waals surface area contributed by atoms with E-state index in [2.05, 4.69) is 15.0 Å². The van der Waals surface area contributed by atoms with Crippen LogP contribution in [0.25, 0.3) is 0 Å². The van der Waals surface area contributed by atoms with Crippen molar-refractivity contribution in [3.8, 4) is 0 Å². The Morgan fingerprint density at radius 2 is 2.06 bits per heavy atom. The van der Waals surface area contributed by atoms with Crippen molar-refractivity contribution in [3.63, 3.8) is 0 Å². The molecule has 0 unspecified atom stereocenters. The summed E-state index contributed by atoms with van der Waals surface area (Å²) in [6, 6.07) is 0. The van der Waals surface area contributed by atoms with E-state index in [-0.39, 0.29) is 11.5 Å². The van der Waals surface area contributed by atoms with Gasteiger partial charge in [-0.1, -0.05) is 13.8 Å². The van der Waals surface area contributed by atoms with Gasteiger partial charge in [0.15, 0.2) is 0 Å². The monoisotopic (exact) mass is 263 g/mol. The summed E-state index contributed by atoms with van der Waals surface area (Å²) < 4.78 is 0. The number of hydrogen-bond donors (Lipinski definition) is 1. The van der Waals surface area contributed by atoms with Gasteiger partial charge in [-0.2, -0.15) is 0 Å². The first-order chi connectivity index (χ1) is 8.47. The second kappa shape index (κ2) is 5.02. The van der Waals surface area contributed by atoms with Gasteiger partial charge in [0.2, 0.25) is 0 Å². The minimum atomic E-state index is -0.0271. The van der Waals surface area contributed by atoms with Gasteiger partial charge in [0.05, 0.1) is 6.42 Å². The highest BCUT2D eigenvalue weighted by Gasteiger charge is 2.12. The van der Waals surface area contributed by atoms with Gasteiger partial charge in [-0.05, 0) is 19.8 Å². The number of aromatic nitrogens is 3. The number of nitrogens with one attached hydrogen (secondary N) is 1. The van der Waals surface area contributed by atoms with Crippen LogP contribution in [-0.2, 0) is 6.42 Å². The smallest absolute Gasteiger partial charge is 0.254 e. The average Bonchev–Trinajstić information content (AvgIpc) is 2.62. The quantitative estimate of drug-likeness (QED) is 0.925. The molecular formula is C13H17N3OS. The van der Waals surface area contributed by atoms with E-state index >= 15 is 0 Å². The highest BCUT2D eigenvalue weighted by atomic mass is 32.1. The van der Waals surface area contributed by atoms with Crippen LogP contribution in [0, 0.1) is 13.8 Å². The van der Waals surface area contributed by atoms with Gasteiger partial charge < -0.3 is 4.98 Å². The molecule has 2 rings (SSSR count). The van der Waals surface area contributed by atoms with Gasteiger partial charge >= 0.3 is 0 Å². The van der Waals surface area contributed by atoms with Crippen LogP contribution in [0.3, 0.4) is 0 Å². The maximum atomic E-state index is 12.0. The van der Waals surface area contributed by atoms with E-state index in [0.29, 0.717) is 12.2 Å². The molecule has 0 saturated heterocycles. The minimum Gasteiger partial charge on any atom is -0.310 e. The molecule has 18 heavy (non-hydrogen) atoms. The second-order valence-electron chi connectivity index (χ2n) is 4.73. The van der Waals surface area contributed by atoms with Gasteiger partial charge in [0, 0.05) is 22.3 Å². The zero-order chi connectivity index (χ0) is 13.3. The molecule has 0 amide bonds. The standard InChI is InChI=1S/C13H17N3OS/c1-7(2)12-9(4)15-10(16-13(12)17)5-11-14-8(3)6-18-11/h6-7H,5H2,1-4H3,(H,15,16,17). The number of aryl methyl sites for hydroxylation is 2. The van der Waals surface area contributed by atoms with E-state index in [1.807, 2.05) is 33.1 Å². The molecule has 4 nitrogen and oxygen atoms in total. The van der Waals surface area contributed by atoms with Crippen LogP contribution in [0.5, 0.6) is 0 Å². The molecule has 5 heteroatoms. The van der Waals surface area contributed by atoms with E-state index in [1.54, 1.807) is 11.3 Å². The third kappa shape index (κ3) is 2.67. The van der Waals surface area contributed by atoms with Crippen LogP contribution in [0.2, 0.25) is 0 Å². The number of hydrogen-bond acceptors (Lipinski definition) is 4. The van der Waals surface area contributed by atoms with Gasteiger partial charge in [-0.25, -0.2) is 9.97 Å². The molecule has 0 aliphatic carbocycles. The zero-order valence-electron chi connectivity index (χ0n) is 11.1. The Hall–Kier alpha value is -1.49. The van der Waals surface area contributed by atoms with Crippen molar-refractivity contribution >= 4 is 11.3 Å². The predicted molar refractivity (Wildman–Crippen MR) is 73.3 cm³/mol. The van der Waals surface area contributed by atoms with E-state index in [9.17, 15) is 4.79 Å². The van der Waals surface area contributed by atoms with Crippen molar-refractivity contribution in [2.45, 2.75) is 40.0 Å². The van der Waals surface area contributed by atoms with E-state index < -0.39 is 0 Å². The fourth-order valence-corrected chi connectivity index (χ4v) is 2.82. The second-order valence-corrected chi connectivity index (χ2v) is 5.67. The van der Waals surface area contributed by atoms with Crippen molar-refractivity contribution in [2.75, 3.05) is 0 Å². The van der Waals surface area contributed by atoms with Crippen molar-refractivity contribution in [2.24, 2.45) is 0 Å². The highest BCUT2D eigenvalue weighted by Crippen LogP contribution is 2.15. The number of nitrogens with zero attached hydrogens (tertiary/aromatic N) is 2. The summed E-state index contributed by atoms with van der Waals surface area (Å²) in [6.07, 6.45) is 0.590. The van der Waals surface area contributed by atoms with Gasteiger partial charge in [0.25, 0.3) is 5.56 Å². The first kappa shape index (κ1) is 13.0.